The second kappa shape index (κ2) is 7.27. The lowest BCUT2D eigenvalue weighted by molar-refractivity contribution is -0.0506. The van der Waals surface area contributed by atoms with Crippen molar-refractivity contribution in [3.8, 4) is 5.75 Å². The van der Waals surface area contributed by atoms with Gasteiger partial charge in [-0.2, -0.15) is 8.78 Å². The Labute approximate surface area is 140 Å². The van der Waals surface area contributed by atoms with Gasteiger partial charge >= 0.3 is 6.61 Å². The minimum absolute atomic E-state index is 0.0530. The zero-order valence-corrected chi connectivity index (χ0v) is 14.4. The number of halogens is 2. The third-order valence-corrected chi connectivity index (χ3v) is 5.26. The summed E-state index contributed by atoms with van der Waals surface area (Å²) in [5.74, 6) is -0.0530. The molecule has 0 fully saturated rings. The Hall–Kier alpha value is -1.99. The maximum absolute atomic E-state index is 12.5. The summed E-state index contributed by atoms with van der Waals surface area (Å²) in [6.07, 6.45) is 0. The molecule has 2 rings (SSSR count). The highest BCUT2D eigenvalue weighted by Gasteiger charge is 2.21. The fourth-order valence-electron chi connectivity index (χ4n) is 2.29. The SMILES string of the molecule is Cc1ccc(S(=O)(=O)N[C@@H](C)c2ccccc2OC(F)F)cc1C. The summed E-state index contributed by atoms with van der Waals surface area (Å²) < 4.78 is 57.0. The first kappa shape index (κ1) is 18.4. The second-order valence-electron chi connectivity index (χ2n) is 5.51. The quantitative estimate of drug-likeness (QED) is 0.854. The van der Waals surface area contributed by atoms with Gasteiger partial charge in [0.1, 0.15) is 5.75 Å². The maximum atomic E-state index is 12.5. The molecule has 0 spiro atoms. The van der Waals surface area contributed by atoms with Crippen LogP contribution < -0.4 is 9.46 Å². The number of aryl methyl sites for hydroxylation is 2. The van der Waals surface area contributed by atoms with E-state index in [9.17, 15) is 17.2 Å². The number of alkyl halides is 2. The summed E-state index contributed by atoms with van der Waals surface area (Å²) in [6, 6.07) is 10.2. The molecule has 24 heavy (non-hydrogen) atoms. The van der Waals surface area contributed by atoms with Crippen LogP contribution >= 0.6 is 0 Å². The third kappa shape index (κ3) is 4.30. The molecule has 0 bridgehead atoms. The highest BCUT2D eigenvalue weighted by Crippen LogP contribution is 2.27. The van der Waals surface area contributed by atoms with Crippen LogP contribution in [0.3, 0.4) is 0 Å². The average Bonchev–Trinajstić information content (AvgIpc) is 2.49. The predicted octanol–water partition coefficient (Wildman–Crippen LogP) is 3.94. The van der Waals surface area contributed by atoms with Crippen LogP contribution in [0.15, 0.2) is 47.4 Å². The van der Waals surface area contributed by atoms with Crippen LogP contribution in [-0.4, -0.2) is 15.0 Å². The van der Waals surface area contributed by atoms with Gasteiger partial charge < -0.3 is 4.74 Å². The van der Waals surface area contributed by atoms with Crippen LogP contribution in [0, 0.1) is 13.8 Å². The molecular weight excluding hydrogens is 336 g/mol. The summed E-state index contributed by atoms with van der Waals surface area (Å²) in [5, 5.41) is 0. The number of para-hydroxylation sites is 1. The normalized spacial score (nSPS) is 13.1. The fraction of sp³-hybridized carbons (Fsp3) is 0.294. The lowest BCUT2D eigenvalue weighted by Gasteiger charge is -2.18. The summed E-state index contributed by atoms with van der Waals surface area (Å²) in [6.45, 7) is 2.31. The van der Waals surface area contributed by atoms with Crippen molar-refractivity contribution in [1.82, 2.24) is 4.72 Å². The molecule has 1 atom stereocenters. The number of hydrogen-bond acceptors (Lipinski definition) is 3. The molecule has 0 amide bonds. The Morgan fingerprint density at radius 1 is 1.04 bits per heavy atom. The lowest BCUT2D eigenvalue weighted by Crippen LogP contribution is -2.27. The Kier molecular flexibility index (Phi) is 5.56. The van der Waals surface area contributed by atoms with E-state index in [1.54, 1.807) is 37.3 Å². The molecular formula is C17H19F2NO3S. The van der Waals surface area contributed by atoms with E-state index < -0.39 is 22.7 Å². The van der Waals surface area contributed by atoms with Crippen molar-refractivity contribution < 1.29 is 21.9 Å². The van der Waals surface area contributed by atoms with E-state index in [0.29, 0.717) is 5.56 Å². The van der Waals surface area contributed by atoms with Crippen LogP contribution in [0.2, 0.25) is 0 Å². The number of ether oxygens (including phenoxy) is 1. The first-order chi connectivity index (χ1) is 11.2. The molecule has 0 saturated heterocycles. The molecule has 2 aromatic carbocycles. The molecule has 0 aromatic heterocycles. The smallest absolute Gasteiger partial charge is 0.387 e. The number of rotatable bonds is 6. The van der Waals surface area contributed by atoms with Gasteiger partial charge in [0.25, 0.3) is 0 Å². The predicted molar refractivity (Wildman–Crippen MR) is 87.7 cm³/mol. The molecule has 0 aliphatic rings. The van der Waals surface area contributed by atoms with Crippen molar-refractivity contribution in [2.75, 3.05) is 0 Å². The third-order valence-electron chi connectivity index (χ3n) is 3.72. The topological polar surface area (TPSA) is 55.4 Å². The average molecular weight is 355 g/mol. The fourth-order valence-corrected chi connectivity index (χ4v) is 3.59. The molecule has 0 unspecified atom stereocenters. The van der Waals surface area contributed by atoms with Crippen LogP contribution in [0.5, 0.6) is 5.75 Å². The molecule has 0 heterocycles. The number of sulfonamides is 1. The Morgan fingerprint density at radius 2 is 1.71 bits per heavy atom. The van der Waals surface area contributed by atoms with E-state index >= 15 is 0 Å². The molecule has 0 aliphatic carbocycles. The minimum Gasteiger partial charge on any atom is -0.434 e. The van der Waals surface area contributed by atoms with Gasteiger partial charge in [0.15, 0.2) is 0 Å². The Bertz CT molecular complexity index is 822. The lowest BCUT2D eigenvalue weighted by atomic mass is 10.1. The van der Waals surface area contributed by atoms with Crippen LogP contribution in [0.25, 0.3) is 0 Å². The van der Waals surface area contributed by atoms with Gasteiger partial charge in [0, 0.05) is 11.6 Å². The van der Waals surface area contributed by atoms with E-state index in [1.165, 1.54) is 12.1 Å². The van der Waals surface area contributed by atoms with Crippen molar-refractivity contribution in [2.24, 2.45) is 0 Å². The van der Waals surface area contributed by atoms with Crippen molar-refractivity contribution >= 4 is 10.0 Å². The van der Waals surface area contributed by atoms with Crippen LogP contribution in [-0.2, 0) is 10.0 Å². The van der Waals surface area contributed by atoms with E-state index in [4.69, 9.17) is 0 Å². The number of benzene rings is 2. The molecule has 0 radical (unpaired) electrons. The first-order valence-electron chi connectivity index (χ1n) is 7.34. The molecule has 130 valence electrons. The first-order valence-corrected chi connectivity index (χ1v) is 8.82. The van der Waals surface area contributed by atoms with Crippen molar-refractivity contribution in [2.45, 2.75) is 38.3 Å². The number of hydrogen-bond donors (Lipinski definition) is 1. The summed E-state index contributed by atoms with van der Waals surface area (Å²) >= 11 is 0. The molecule has 0 saturated carbocycles. The standard InChI is InChI=1S/C17H19F2NO3S/c1-11-8-9-14(10-12(11)2)24(21,22)20-13(3)15-6-4-5-7-16(15)23-17(18)19/h4-10,13,17,20H,1-3H3/t13-/m0/s1. The van der Waals surface area contributed by atoms with Gasteiger partial charge in [0.2, 0.25) is 10.0 Å². The van der Waals surface area contributed by atoms with E-state index in [0.717, 1.165) is 11.1 Å². The van der Waals surface area contributed by atoms with Crippen molar-refractivity contribution in [1.29, 1.82) is 0 Å². The summed E-state index contributed by atoms with van der Waals surface area (Å²) in [4.78, 5) is 0.129. The zero-order valence-electron chi connectivity index (χ0n) is 13.6. The molecule has 2 aromatic rings. The van der Waals surface area contributed by atoms with Crippen molar-refractivity contribution in [3.63, 3.8) is 0 Å². The molecule has 1 N–H and O–H groups in total. The van der Waals surface area contributed by atoms with Gasteiger partial charge in [-0.05, 0) is 50.1 Å². The largest absolute Gasteiger partial charge is 0.434 e. The summed E-state index contributed by atoms with van der Waals surface area (Å²) in [5.41, 5.74) is 2.18. The Balaban J connectivity index is 2.28. The van der Waals surface area contributed by atoms with Gasteiger partial charge in [-0.15, -0.1) is 0 Å². The Morgan fingerprint density at radius 3 is 2.33 bits per heavy atom. The molecule has 0 aliphatic heterocycles. The van der Waals surface area contributed by atoms with E-state index in [-0.39, 0.29) is 10.6 Å². The van der Waals surface area contributed by atoms with Crippen LogP contribution in [0.4, 0.5) is 8.78 Å². The summed E-state index contributed by atoms with van der Waals surface area (Å²) in [7, 11) is -3.79. The minimum atomic E-state index is -3.79. The molecule has 7 heteroatoms. The number of nitrogens with one attached hydrogen (secondary N) is 1. The van der Waals surface area contributed by atoms with E-state index in [2.05, 4.69) is 9.46 Å². The monoisotopic (exact) mass is 355 g/mol. The van der Waals surface area contributed by atoms with Crippen LogP contribution in [0.1, 0.15) is 29.7 Å². The highest BCUT2D eigenvalue weighted by atomic mass is 32.2. The van der Waals surface area contributed by atoms with Crippen molar-refractivity contribution in [3.05, 3.63) is 59.2 Å². The van der Waals surface area contributed by atoms with Gasteiger partial charge in [-0.1, -0.05) is 24.3 Å². The maximum Gasteiger partial charge on any atom is 0.387 e. The van der Waals surface area contributed by atoms with E-state index in [1.807, 2.05) is 13.8 Å². The zero-order chi connectivity index (χ0) is 17.9. The molecule has 4 nitrogen and oxygen atoms in total. The second-order valence-corrected chi connectivity index (χ2v) is 7.22. The van der Waals surface area contributed by atoms with Gasteiger partial charge in [0.05, 0.1) is 4.90 Å². The highest BCUT2D eigenvalue weighted by molar-refractivity contribution is 7.89. The van der Waals surface area contributed by atoms with Gasteiger partial charge in [-0.3, -0.25) is 0 Å². The van der Waals surface area contributed by atoms with Gasteiger partial charge in [-0.25, -0.2) is 13.1 Å².